The topological polar surface area (TPSA) is 68.0 Å². The van der Waals surface area contributed by atoms with Crippen molar-refractivity contribution in [2.24, 2.45) is 0 Å². The molecule has 0 spiro atoms. The molecule has 3 N–H and O–H groups in total. The first-order valence-corrected chi connectivity index (χ1v) is 5.42. The maximum atomic E-state index is 12.9. The zero-order valence-corrected chi connectivity index (χ0v) is 9.91. The van der Waals surface area contributed by atoms with Crippen LogP contribution in [-0.4, -0.2) is 10.9 Å². The van der Waals surface area contributed by atoms with Gasteiger partial charge < -0.3 is 11.1 Å². The second-order valence-electron chi connectivity index (χ2n) is 3.52. The fraction of sp³-hybridized carbons (Fsp3) is 0. The number of nitrogens with two attached hydrogens (primary N) is 1. The molecule has 4 nitrogen and oxygen atoms in total. The normalized spacial score (nSPS) is 10.1. The number of halogens is 2. The number of pyridine rings is 1. The minimum Gasteiger partial charge on any atom is -0.396 e. The Morgan fingerprint density at radius 3 is 2.83 bits per heavy atom. The summed E-state index contributed by atoms with van der Waals surface area (Å²) >= 11 is 5.78. The van der Waals surface area contributed by atoms with Crippen LogP contribution in [0.25, 0.3) is 0 Å². The highest BCUT2D eigenvalue weighted by Gasteiger charge is 2.12. The van der Waals surface area contributed by atoms with Crippen molar-refractivity contribution in [1.29, 1.82) is 0 Å². The van der Waals surface area contributed by atoms with Gasteiger partial charge in [-0.2, -0.15) is 0 Å². The summed E-state index contributed by atoms with van der Waals surface area (Å²) in [4.78, 5) is 15.8. The van der Waals surface area contributed by atoms with Gasteiger partial charge in [-0.05, 0) is 30.3 Å². The van der Waals surface area contributed by atoms with E-state index in [2.05, 4.69) is 10.3 Å². The molecule has 0 aliphatic rings. The number of amides is 1. The molecule has 0 aliphatic heterocycles. The highest BCUT2D eigenvalue weighted by molar-refractivity contribution is 6.34. The van der Waals surface area contributed by atoms with Crippen molar-refractivity contribution in [2.75, 3.05) is 11.1 Å². The third-order valence-electron chi connectivity index (χ3n) is 2.25. The molecule has 2 aromatic rings. The van der Waals surface area contributed by atoms with Crippen molar-refractivity contribution in [1.82, 2.24) is 4.98 Å². The molecule has 0 fully saturated rings. The number of hydrogen-bond donors (Lipinski definition) is 2. The molecule has 0 radical (unpaired) electrons. The van der Waals surface area contributed by atoms with Crippen molar-refractivity contribution >= 4 is 29.0 Å². The molecule has 0 unspecified atom stereocenters. The second kappa shape index (κ2) is 5.01. The number of nitrogen functional groups attached to an aromatic ring is 1. The molecule has 1 heterocycles. The van der Waals surface area contributed by atoms with Gasteiger partial charge in [-0.15, -0.1) is 0 Å². The van der Waals surface area contributed by atoms with Crippen molar-refractivity contribution in [3.8, 4) is 0 Å². The Kier molecular flexibility index (Phi) is 3.43. The lowest BCUT2D eigenvalue weighted by Crippen LogP contribution is -2.14. The molecule has 0 aliphatic carbocycles. The molecule has 6 heteroatoms. The average Bonchev–Trinajstić information content (AvgIpc) is 2.32. The van der Waals surface area contributed by atoms with Crippen molar-refractivity contribution in [3.63, 3.8) is 0 Å². The predicted molar refractivity (Wildman–Crippen MR) is 68.0 cm³/mol. The first kappa shape index (κ1) is 12.3. The minimum absolute atomic E-state index is 0.0296. The van der Waals surface area contributed by atoms with E-state index in [-0.39, 0.29) is 16.4 Å². The van der Waals surface area contributed by atoms with E-state index in [9.17, 15) is 9.18 Å². The van der Waals surface area contributed by atoms with Crippen LogP contribution in [0.1, 0.15) is 10.4 Å². The number of aromatic nitrogens is 1. The standard InChI is InChI=1S/C12H9ClFN3O/c13-9-6-7(14)3-4-8(9)12(18)17-11-10(15)2-1-5-16-11/h1-6H,15H2,(H,16,17,18). The van der Waals surface area contributed by atoms with Gasteiger partial charge in [0.2, 0.25) is 0 Å². The smallest absolute Gasteiger partial charge is 0.258 e. The van der Waals surface area contributed by atoms with E-state index < -0.39 is 11.7 Å². The van der Waals surface area contributed by atoms with Crippen molar-refractivity contribution in [2.45, 2.75) is 0 Å². The number of rotatable bonds is 2. The summed E-state index contributed by atoms with van der Waals surface area (Å²) in [5, 5.41) is 2.53. The maximum absolute atomic E-state index is 12.9. The van der Waals surface area contributed by atoms with Gasteiger partial charge in [0.05, 0.1) is 16.3 Å². The Morgan fingerprint density at radius 1 is 1.39 bits per heavy atom. The number of benzene rings is 1. The van der Waals surface area contributed by atoms with Gasteiger partial charge in [0.15, 0.2) is 5.82 Å². The Bertz CT molecular complexity index is 604. The number of nitrogens with one attached hydrogen (secondary N) is 1. The zero-order chi connectivity index (χ0) is 13.1. The molecule has 0 atom stereocenters. The first-order chi connectivity index (χ1) is 8.58. The summed E-state index contributed by atoms with van der Waals surface area (Å²) in [5.41, 5.74) is 6.13. The maximum Gasteiger partial charge on any atom is 0.258 e. The molecule has 0 saturated carbocycles. The molecule has 1 aromatic heterocycles. The van der Waals surface area contributed by atoms with Gasteiger partial charge in [0.25, 0.3) is 5.91 Å². The SMILES string of the molecule is Nc1cccnc1NC(=O)c1ccc(F)cc1Cl. The summed E-state index contributed by atoms with van der Waals surface area (Å²) in [6, 6.07) is 6.78. The quantitative estimate of drug-likeness (QED) is 0.877. The second-order valence-corrected chi connectivity index (χ2v) is 3.93. The molecule has 1 amide bonds. The fourth-order valence-electron chi connectivity index (χ4n) is 1.37. The Hall–Kier alpha value is -2.14. The number of nitrogens with zero attached hydrogens (tertiary/aromatic N) is 1. The highest BCUT2D eigenvalue weighted by Crippen LogP contribution is 2.20. The molecule has 18 heavy (non-hydrogen) atoms. The molecule has 0 bridgehead atoms. The number of carbonyl (C=O) groups excluding carboxylic acids is 1. The van der Waals surface area contributed by atoms with Crippen molar-refractivity contribution < 1.29 is 9.18 Å². The summed E-state index contributed by atoms with van der Waals surface area (Å²) < 4.78 is 12.9. The third kappa shape index (κ3) is 2.57. The summed E-state index contributed by atoms with van der Waals surface area (Å²) in [5.74, 6) is -0.762. The van der Waals surface area contributed by atoms with Gasteiger partial charge in [-0.3, -0.25) is 4.79 Å². The average molecular weight is 266 g/mol. The Labute approximate surface area is 108 Å². The number of carbonyl (C=O) groups is 1. The predicted octanol–water partition coefficient (Wildman–Crippen LogP) is 2.71. The van der Waals surface area contributed by atoms with Crippen LogP contribution in [0.15, 0.2) is 36.5 Å². The lowest BCUT2D eigenvalue weighted by molar-refractivity contribution is 0.102. The van der Waals surface area contributed by atoms with E-state index in [0.29, 0.717) is 5.69 Å². The van der Waals surface area contributed by atoms with E-state index in [4.69, 9.17) is 17.3 Å². The summed E-state index contributed by atoms with van der Waals surface area (Å²) in [6.07, 6.45) is 1.50. The molecular formula is C12H9ClFN3O. The zero-order valence-electron chi connectivity index (χ0n) is 9.15. The van der Waals surface area contributed by atoms with Gasteiger partial charge in [0.1, 0.15) is 5.82 Å². The fourth-order valence-corrected chi connectivity index (χ4v) is 1.62. The minimum atomic E-state index is -0.506. The van der Waals surface area contributed by atoms with Crippen LogP contribution in [-0.2, 0) is 0 Å². The van der Waals surface area contributed by atoms with Crippen molar-refractivity contribution in [3.05, 3.63) is 52.9 Å². The van der Waals surface area contributed by atoms with E-state index in [1.807, 2.05) is 0 Å². The van der Waals surface area contributed by atoms with Crippen LogP contribution in [0.5, 0.6) is 0 Å². The molecule has 1 aromatic carbocycles. The van der Waals surface area contributed by atoms with Crippen LogP contribution in [0.2, 0.25) is 5.02 Å². The van der Waals surface area contributed by atoms with Crippen LogP contribution < -0.4 is 11.1 Å². The lowest BCUT2D eigenvalue weighted by Gasteiger charge is -2.07. The van der Waals surface area contributed by atoms with E-state index in [1.165, 1.54) is 12.3 Å². The Balaban J connectivity index is 2.25. The van der Waals surface area contributed by atoms with Crippen LogP contribution in [0.3, 0.4) is 0 Å². The van der Waals surface area contributed by atoms with Gasteiger partial charge in [-0.1, -0.05) is 11.6 Å². The van der Waals surface area contributed by atoms with Gasteiger partial charge in [-0.25, -0.2) is 9.37 Å². The number of hydrogen-bond acceptors (Lipinski definition) is 3. The Morgan fingerprint density at radius 2 is 2.17 bits per heavy atom. The molecular weight excluding hydrogens is 257 g/mol. The molecule has 0 saturated heterocycles. The highest BCUT2D eigenvalue weighted by atomic mass is 35.5. The summed E-state index contributed by atoms with van der Waals surface area (Å²) in [7, 11) is 0. The van der Waals surface area contributed by atoms with Gasteiger partial charge >= 0.3 is 0 Å². The van der Waals surface area contributed by atoms with Gasteiger partial charge in [0, 0.05) is 6.20 Å². The lowest BCUT2D eigenvalue weighted by atomic mass is 10.2. The molecule has 92 valence electrons. The first-order valence-electron chi connectivity index (χ1n) is 5.05. The largest absolute Gasteiger partial charge is 0.396 e. The van der Waals surface area contributed by atoms with E-state index in [1.54, 1.807) is 12.1 Å². The van der Waals surface area contributed by atoms with E-state index in [0.717, 1.165) is 12.1 Å². The number of anilines is 2. The third-order valence-corrected chi connectivity index (χ3v) is 2.56. The van der Waals surface area contributed by atoms with Crippen LogP contribution >= 0.6 is 11.6 Å². The summed E-state index contributed by atoms with van der Waals surface area (Å²) in [6.45, 7) is 0. The van der Waals surface area contributed by atoms with Crippen LogP contribution in [0.4, 0.5) is 15.9 Å². The van der Waals surface area contributed by atoms with E-state index >= 15 is 0 Å². The molecule has 2 rings (SSSR count). The van der Waals surface area contributed by atoms with Crippen LogP contribution in [0, 0.1) is 5.82 Å². The monoisotopic (exact) mass is 265 g/mol.